The maximum absolute atomic E-state index is 11.8. The van der Waals surface area contributed by atoms with Crippen molar-refractivity contribution < 1.29 is 23.4 Å². The van der Waals surface area contributed by atoms with Crippen molar-refractivity contribution in [1.29, 1.82) is 0 Å². The van der Waals surface area contributed by atoms with Gasteiger partial charge in [0.2, 0.25) is 10.0 Å². The Bertz CT molecular complexity index is 522. The summed E-state index contributed by atoms with van der Waals surface area (Å²) in [4.78, 5) is 10.5. The van der Waals surface area contributed by atoms with Gasteiger partial charge in [-0.2, -0.15) is 0 Å². The summed E-state index contributed by atoms with van der Waals surface area (Å²) in [5.74, 6) is -0.893. The molecule has 0 unspecified atom stereocenters. The van der Waals surface area contributed by atoms with Gasteiger partial charge in [0.25, 0.3) is 0 Å². The highest BCUT2D eigenvalue weighted by Gasteiger charge is 2.14. The number of aryl methyl sites for hydroxylation is 1. The Morgan fingerprint density at radius 1 is 1.32 bits per heavy atom. The van der Waals surface area contributed by atoms with E-state index in [1.807, 2.05) is 0 Å². The van der Waals surface area contributed by atoms with E-state index in [1.54, 1.807) is 12.1 Å². The van der Waals surface area contributed by atoms with Gasteiger partial charge in [-0.1, -0.05) is 12.1 Å². The number of aliphatic carboxylic acids is 1. The Labute approximate surface area is 112 Å². The van der Waals surface area contributed by atoms with Crippen LogP contribution in [0.1, 0.15) is 18.9 Å². The van der Waals surface area contributed by atoms with E-state index in [1.165, 1.54) is 19.1 Å². The van der Waals surface area contributed by atoms with E-state index in [9.17, 15) is 13.2 Å². The van der Waals surface area contributed by atoms with Gasteiger partial charge in [0.1, 0.15) is 0 Å². The molecule has 0 aliphatic heterocycles. The van der Waals surface area contributed by atoms with E-state index in [-0.39, 0.29) is 17.9 Å². The van der Waals surface area contributed by atoms with Crippen LogP contribution in [-0.2, 0) is 21.2 Å². The minimum Gasteiger partial charge on any atom is -0.481 e. The van der Waals surface area contributed by atoms with Crippen LogP contribution in [0, 0.1) is 0 Å². The molecule has 6 nitrogen and oxygen atoms in total. The molecular formula is C12H17NO5S. The molecule has 1 rings (SSSR count). The molecule has 19 heavy (non-hydrogen) atoms. The SMILES string of the molecule is C[C@H](O)CNS(=O)(=O)c1ccc(CCC(=O)O)cc1. The molecule has 1 aromatic rings. The van der Waals surface area contributed by atoms with Crippen molar-refractivity contribution in [3.8, 4) is 0 Å². The summed E-state index contributed by atoms with van der Waals surface area (Å²) in [6.07, 6.45) is -0.395. The van der Waals surface area contributed by atoms with Crippen molar-refractivity contribution in [1.82, 2.24) is 4.72 Å². The van der Waals surface area contributed by atoms with Crippen molar-refractivity contribution in [3.63, 3.8) is 0 Å². The molecule has 7 heteroatoms. The number of benzene rings is 1. The monoisotopic (exact) mass is 287 g/mol. The van der Waals surface area contributed by atoms with E-state index in [4.69, 9.17) is 10.2 Å². The number of carboxylic acids is 1. The number of aliphatic hydroxyl groups is 1. The van der Waals surface area contributed by atoms with Crippen LogP contribution in [-0.4, -0.2) is 37.2 Å². The first-order valence-corrected chi connectivity index (χ1v) is 7.28. The summed E-state index contributed by atoms with van der Waals surface area (Å²) in [6.45, 7) is 1.43. The van der Waals surface area contributed by atoms with E-state index in [0.29, 0.717) is 6.42 Å². The van der Waals surface area contributed by atoms with Crippen LogP contribution in [0.4, 0.5) is 0 Å². The van der Waals surface area contributed by atoms with E-state index < -0.39 is 22.1 Å². The first kappa shape index (κ1) is 15.6. The lowest BCUT2D eigenvalue weighted by atomic mass is 10.1. The summed E-state index contributed by atoms with van der Waals surface area (Å²) in [7, 11) is -3.63. The van der Waals surface area contributed by atoms with Crippen molar-refractivity contribution in [2.24, 2.45) is 0 Å². The lowest BCUT2D eigenvalue weighted by Crippen LogP contribution is -2.30. The largest absolute Gasteiger partial charge is 0.481 e. The first-order valence-electron chi connectivity index (χ1n) is 5.80. The molecule has 106 valence electrons. The smallest absolute Gasteiger partial charge is 0.303 e. The van der Waals surface area contributed by atoms with Gasteiger partial charge in [0, 0.05) is 13.0 Å². The zero-order chi connectivity index (χ0) is 14.5. The first-order chi connectivity index (χ1) is 8.81. The van der Waals surface area contributed by atoms with Crippen molar-refractivity contribution in [2.75, 3.05) is 6.54 Å². The number of hydrogen-bond acceptors (Lipinski definition) is 4. The topological polar surface area (TPSA) is 104 Å². The molecule has 0 saturated carbocycles. The third-order valence-corrected chi connectivity index (χ3v) is 3.87. The Balaban J connectivity index is 2.72. The molecule has 0 radical (unpaired) electrons. The molecule has 0 bridgehead atoms. The predicted octanol–water partition coefficient (Wildman–Crippen LogP) is 0.363. The summed E-state index contributed by atoms with van der Waals surface area (Å²) >= 11 is 0. The van der Waals surface area contributed by atoms with Crippen LogP contribution >= 0.6 is 0 Å². The molecule has 0 saturated heterocycles. The molecular weight excluding hydrogens is 270 g/mol. The van der Waals surface area contributed by atoms with E-state index in [2.05, 4.69) is 4.72 Å². The molecule has 3 N–H and O–H groups in total. The third kappa shape index (κ3) is 5.37. The summed E-state index contributed by atoms with van der Waals surface area (Å²) in [6, 6.07) is 6.00. The van der Waals surface area contributed by atoms with E-state index in [0.717, 1.165) is 5.56 Å². The lowest BCUT2D eigenvalue weighted by Gasteiger charge is -2.08. The standard InChI is InChI=1S/C12H17NO5S/c1-9(14)8-13-19(17,18)11-5-2-10(3-6-11)4-7-12(15)16/h2-3,5-6,9,13-14H,4,7-8H2,1H3,(H,15,16)/t9-/m0/s1. The number of carbonyl (C=O) groups is 1. The van der Waals surface area contributed by atoms with Gasteiger partial charge >= 0.3 is 5.97 Å². The molecule has 0 heterocycles. The predicted molar refractivity (Wildman–Crippen MR) is 69.3 cm³/mol. The minimum atomic E-state index is -3.63. The second kappa shape index (κ2) is 6.65. The minimum absolute atomic E-state index is 0.00632. The number of sulfonamides is 1. The normalized spacial score (nSPS) is 13.2. The second-order valence-corrected chi connectivity index (χ2v) is 6.01. The van der Waals surface area contributed by atoms with Crippen molar-refractivity contribution in [2.45, 2.75) is 30.8 Å². The van der Waals surface area contributed by atoms with Crippen LogP contribution in [0.2, 0.25) is 0 Å². The lowest BCUT2D eigenvalue weighted by molar-refractivity contribution is -0.136. The van der Waals surface area contributed by atoms with Crippen LogP contribution in [0.15, 0.2) is 29.2 Å². The average molecular weight is 287 g/mol. The van der Waals surface area contributed by atoms with Gasteiger partial charge in [-0.15, -0.1) is 0 Å². The molecule has 0 aromatic heterocycles. The van der Waals surface area contributed by atoms with Gasteiger partial charge < -0.3 is 10.2 Å². The highest BCUT2D eigenvalue weighted by Crippen LogP contribution is 2.11. The average Bonchev–Trinajstić information content (AvgIpc) is 2.34. The van der Waals surface area contributed by atoms with Crippen LogP contribution in [0.5, 0.6) is 0 Å². The van der Waals surface area contributed by atoms with Crippen LogP contribution < -0.4 is 4.72 Å². The number of rotatable bonds is 7. The van der Waals surface area contributed by atoms with Gasteiger partial charge in [-0.3, -0.25) is 4.79 Å². The Kier molecular flexibility index (Phi) is 5.46. The molecule has 0 aliphatic rings. The van der Waals surface area contributed by atoms with E-state index >= 15 is 0 Å². The fourth-order valence-corrected chi connectivity index (χ4v) is 2.52. The molecule has 0 spiro atoms. The summed E-state index contributed by atoms with van der Waals surface area (Å²) in [5.41, 5.74) is 0.761. The Morgan fingerprint density at radius 3 is 2.37 bits per heavy atom. The van der Waals surface area contributed by atoms with Gasteiger partial charge in [0.05, 0.1) is 11.0 Å². The maximum atomic E-state index is 11.8. The molecule has 1 atom stereocenters. The number of hydrogen-bond donors (Lipinski definition) is 3. The quantitative estimate of drug-likeness (QED) is 0.672. The number of carboxylic acid groups (broad SMARTS) is 1. The second-order valence-electron chi connectivity index (χ2n) is 4.24. The number of nitrogens with one attached hydrogen (secondary N) is 1. The Hall–Kier alpha value is -1.44. The highest BCUT2D eigenvalue weighted by molar-refractivity contribution is 7.89. The van der Waals surface area contributed by atoms with Gasteiger partial charge in [0.15, 0.2) is 0 Å². The fourth-order valence-electron chi connectivity index (χ4n) is 1.40. The zero-order valence-corrected chi connectivity index (χ0v) is 11.4. The summed E-state index contributed by atoms with van der Waals surface area (Å²) in [5, 5.41) is 17.6. The Morgan fingerprint density at radius 2 is 1.89 bits per heavy atom. The third-order valence-electron chi connectivity index (χ3n) is 2.43. The fraction of sp³-hybridized carbons (Fsp3) is 0.417. The zero-order valence-electron chi connectivity index (χ0n) is 10.5. The highest BCUT2D eigenvalue weighted by atomic mass is 32.2. The van der Waals surface area contributed by atoms with Crippen LogP contribution in [0.3, 0.4) is 0 Å². The van der Waals surface area contributed by atoms with Crippen molar-refractivity contribution >= 4 is 16.0 Å². The van der Waals surface area contributed by atoms with Gasteiger partial charge in [-0.05, 0) is 31.0 Å². The molecule has 0 amide bonds. The van der Waals surface area contributed by atoms with Crippen molar-refractivity contribution in [3.05, 3.63) is 29.8 Å². The summed E-state index contributed by atoms with van der Waals surface area (Å²) < 4.78 is 25.9. The number of aliphatic hydroxyl groups excluding tert-OH is 1. The molecule has 0 fully saturated rings. The molecule has 0 aliphatic carbocycles. The van der Waals surface area contributed by atoms with Crippen LogP contribution in [0.25, 0.3) is 0 Å². The molecule has 1 aromatic carbocycles. The van der Waals surface area contributed by atoms with Gasteiger partial charge in [-0.25, -0.2) is 13.1 Å². The maximum Gasteiger partial charge on any atom is 0.303 e.